The highest BCUT2D eigenvalue weighted by atomic mass is 16.6. The smallest absolute Gasteiger partial charge is 0.347 e. The van der Waals surface area contributed by atoms with Crippen LogP contribution in [0.5, 0.6) is 0 Å². The molecule has 0 saturated carbocycles. The van der Waals surface area contributed by atoms with Gasteiger partial charge >= 0.3 is 11.9 Å². The molecule has 1 rings (SSSR count). The van der Waals surface area contributed by atoms with Crippen LogP contribution < -0.4 is 0 Å². The van der Waals surface area contributed by atoms with Crippen LogP contribution in [0.3, 0.4) is 0 Å². The van der Waals surface area contributed by atoms with Gasteiger partial charge in [-0.2, -0.15) is 0 Å². The Morgan fingerprint density at radius 1 is 1.19 bits per heavy atom. The van der Waals surface area contributed by atoms with Gasteiger partial charge < -0.3 is 14.4 Å². The number of hydrogen-bond donors (Lipinski definition) is 0. The minimum absolute atomic E-state index is 0.154. The van der Waals surface area contributed by atoms with Gasteiger partial charge in [-0.05, 0) is 34.1 Å². The van der Waals surface area contributed by atoms with Crippen LogP contribution in [0.4, 0.5) is 0 Å². The van der Waals surface area contributed by atoms with Crippen molar-refractivity contribution in [3.05, 3.63) is 11.1 Å². The van der Waals surface area contributed by atoms with Crippen molar-refractivity contribution < 1.29 is 23.9 Å². The first-order valence-electron chi connectivity index (χ1n) is 7.30. The number of cyclic esters (lactones) is 1. The van der Waals surface area contributed by atoms with Crippen molar-refractivity contribution in [1.82, 2.24) is 4.90 Å². The second-order valence-corrected chi connectivity index (χ2v) is 4.77. The van der Waals surface area contributed by atoms with E-state index in [0.29, 0.717) is 18.7 Å². The molecule has 6 heteroatoms. The van der Waals surface area contributed by atoms with Crippen molar-refractivity contribution in [2.24, 2.45) is 0 Å². The predicted molar refractivity (Wildman–Crippen MR) is 76.4 cm³/mol. The maximum Gasteiger partial charge on any atom is 0.347 e. The number of carbonyl (C=O) groups is 3. The van der Waals surface area contributed by atoms with Gasteiger partial charge in [0.15, 0.2) is 0 Å². The molecule has 0 saturated heterocycles. The minimum atomic E-state index is -1.38. The molecule has 0 fully saturated rings. The molecule has 6 nitrogen and oxygen atoms in total. The Balaban J connectivity index is 3.29. The lowest BCUT2D eigenvalue weighted by Crippen LogP contribution is -2.50. The Labute approximate surface area is 125 Å². The molecule has 1 aliphatic heterocycles. The molecule has 1 heterocycles. The zero-order chi connectivity index (χ0) is 16.2. The summed E-state index contributed by atoms with van der Waals surface area (Å²) in [6.45, 7) is 9.88. The molecule has 0 aliphatic carbocycles. The summed E-state index contributed by atoms with van der Waals surface area (Å²) in [6, 6.07) is 0. The third-order valence-corrected chi connectivity index (χ3v) is 3.83. The Morgan fingerprint density at radius 3 is 2.19 bits per heavy atom. The number of rotatable bonds is 6. The highest BCUT2D eigenvalue weighted by molar-refractivity contribution is 6.18. The predicted octanol–water partition coefficient (Wildman–Crippen LogP) is 1.44. The first kappa shape index (κ1) is 17.2. The summed E-state index contributed by atoms with van der Waals surface area (Å²) in [5.74, 6) is -1.81. The second kappa shape index (κ2) is 6.74. The summed E-state index contributed by atoms with van der Waals surface area (Å²) < 4.78 is 10.2. The summed E-state index contributed by atoms with van der Waals surface area (Å²) in [4.78, 5) is 38.2. The fourth-order valence-corrected chi connectivity index (χ4v) is 2.54. The molecule has 21 heavy (non-hydrogen) atoms. The molecule has 0 aromatic rings. The van der Waals surface area contributed by atoms with Gasteiger partial charge in [0.25, 0.3) is 5.91 Å². The first-order valence-corrected chi connectivity index (χ1v) is 7.30. The van der Waals surface area contributed by atoms with Crippen LogP contribution >= 0.6 is 0 Å². The third kappa shape index (κ3) is 2.80. The molecule has 0 radical (unpaired) electrons. The number of amides is 1. The molecular weight excluding hydrogens is 274 g/mol. The van der Waals surface area contributed by atoms with E-state index in [1.54, 1.807) is 25.7 Å². The van der Waals surface area contributed by atoms with Crippen LogP contribution in [0.15, 0.2) is 11.1 Å². The van der Waals surface area contributed by atoms with Gasteiger partial charge in [0, 0.05) is 18.7 Å². The maximum absolute atomic E-state index is 12.7. The highest BCUT2D eigenvalue weighted by Crippen LogP contribution is 2.37. The van der Waals surface area contributed by atoms with Gasteiger partial charge in [0.05, 0.1) is 6.61 Å². The lowest BCUT2D eigenvalue weighted by atomic mass is 9.89. The molecular formula is C15H23NO5. The maximum atomic E-state index is 12.7. The van der Waals surface area contributed by atoms with E-state index in [-0.39, 0.29) is 24.5 Å². The third-order valence-electron chi connectivity index (χ3n) is 3.83. The quantitative estimate of drug-likeness (QED) is 0.548. The van der Waals surface area contributed by atoms with Crippen molar-refractivity contribution in [3.8, 4) is 0 Å². The molecule has 0 aromatic carbocycles. The highest BCUT2D eigenvalue weighted by Gasteiger charge is 2.53. The fraction of sp³-hybridized carbons (Fsp3) is 0.667. The molecule has 1 amide bonds. The number of esters is 2. The SMILES string of the molecule is CCOC(=O)C1=C(C)[C@@](CC)(C(=O)N(CC)CC)OC1=O. The van der Waals surface area contributed by atoms with Crippen molar-refractivity contribution >= 4 is 17.8 Å². The van der Waals surface area contributed by atoms with Crippen LogP contribution in [0.1, 0.15) is 41.0 Å². The molecule has 1 atom stereocenters. The van der Waals surface area contributed by atoms with Gasteiger partial charge in [0.1, 0.15) is 5.57 Å². The molecule has 0 spiro atoms. The van der Waals surface area contributed by atoms with Crippen molar-refractivity contribution in [2.45, 2.75) is 46.6 Å². The lowest BCUT2D eigenvalue weighted by Gasteiger charge is -2.32. The minimum Gasteiger partial charge on any atom is -0.462 e. The first-order chi connectivity index (χ1) is 9.89. The average Bonchev–Trinajstić information content (AvgIpc) is 2.72. The van der Waals surface area contributed by atoms with E-state index in [0.717, 1.165) is 0 Å². The Kier molecular flexibility index (Phi) is 5.52. The molecule has 118 valence electrons. The van der Waals surface area contributed by atoms with Crippen molar-refractivity contribution in [1.29, 1.82) is 0 Å². The standard InChI is InChI=1S/C15H23NO5/c1-6-15(14(19)16(7-2)8-3)10(5)11(13(18)21-15)12(17)20-9-4/h6-9H2,1-5H3/t15-/m0/s1. The number of ether oxygens (including phenoxy) is 2. The Morgan fingerprint density at radius 2 is 1.76 bits per heavy atom. The van der Waals surface area contributed by atoms with E-state index in [9.17, 15) is 14.4 Å². The van der Waals surface area contributed by atoms with E-state index in [1.165, 1.54) is 0 Å². The molecule has 1 aliphatic rings. The van der Waals surface area contributed by atoms with E-state index in [2.05, 4.69) is 0 Å². The zero-order valence-electron chi connectivity index (χ0n) is 13.3. The summed E-state index contributed by atoms with van der Waals surface area (Å²) in [5, 5.41) is 0. The van der Waals surface area contributed by atoms with Crippen LogP contribution in [-0.4, -0.2) is 48.0 Å². The van der Waals surface area contributed by atoms with E-state index in [1.807, 2.05) is 13.8 Å². The van der Waals surface area contributed by atoms with Crippen LogP contribution in [0.2, 0.25) is 0 Å². The molecule has 0 unspecified atom stereocenters. The molecule has 0 aromatic heterocycles. The van der Waals surface area contributed by atoms with Crippen LogP contribution in [0.25, 0.3) is 0 Å². The van der Waals surface area contributed by atoms with Crippen LogP contribution in [0, 0.1) is 0 Å². The fourth-order valence-electron chi connectivity index (χ4n) is 2.54. The second-order valence-electron chi connectivity index (χ2n) is 4.77. The number of nitrogens with zero attached hydrogens (tertiary/aromatic N) is 1. The largest absolute Gasteiger partial charge is 0.462 e. The molecule has 0 bridgehead atoms. The molecule has 0 N–H and O–H groups in total. The summed E-state index contributed by atoms with van der Waals surface area (Å²) in [5.41, 5.74) is -1.20. The van der Waals surface area contributed by atoms with Gasteiger partial charge in [-0.25, -0.2) is 9.59 Å². The monoisotopic (exact) mass is 297 g/mol. The van der Waals surface area contributed by atoms with E-state index >= 15 is 0 Å². The van der Waals surface area contributed by atoms with Crippen LogP contribution in [-0.2, 0) is 23.9 Å². The normalized spacial score (nSPS) is 21.3. The zero-order valence-corrected chi connectivity index (χ0v) is 13.3. The number of likely N-dealkylation sites (N-methyl/N-ethyl adjacent to an activating group) is 1. The lowest BCUT2D eigenvalue weighted by molar-refractivity contribution is -0.164. The van der Waals surface area contributed by atoms with Crippen molar-refractivity contribution in [3.63, 3.8) is 0 Å². The average molecular weight is 297 g/mol. The van der Waals surface area contributed by atoms with Gasteiger partial charge in [-0.3, -0.25) is 4.79 Å². The number of hydrogen-bond acceptors (Lipinski definition) is 5. The van der Waals surface area contributed by atoms with Gasteiger partial charge in [-0.1, -0.05) is 6.92 Å². The van der Waals surface area contributed by atoms with Gasteiger partial charge in [0.2, 0.25) is 5.60 Å². The van der Waals surface area contributed by atoms with E-state index in [4.69, 9.17) is 9.47 Å². The Hall–Kier alpha value is -1.85. The Bertz CT molecular complexity index is 478. The topological polar surface area (TPSA) is 72.9 Å². The van der Waals surface area contributed by atoms with Crippen molar-refractivity contribution in [2.75, 3.05) is 19.7 Å². The number of carbonyl (C=O) groups excluding carboxylic acids is 3. The van der Waals surface area contributed by atoms with E-state index < -0.39 is 17.5 Å². The van der Waals surface area contributed by atoms with Gasteiger partial charge in [-0.15, -0.1) is 0 Å². The summed E-state index contributed by atoms with van der Waals surface area (Å²) in [7, 11) is 0. The summed E-state index contributed by atoms with van der Waals surface area (Å²) in [6.07, 6.45) is 0.281. The summed E-state index contributed by atoms with van der Waals surface area (Å²) >= 11 is 0.